The minimum absolute atomic E-state index is 0.224. The molecule has 0 fully saturated rings. The molecule has 0 amide bonds. The largest absolute Gasteiger partial charge is 0.0970 e. The molecule has 15 heavy (non-hydrogen) atoms. The van der Waals surface area contributed by atoms with E-state index in [1.165, 1.54) is 5.56 Å². The molecule has 0 bridgehead atoms. The fraction of sp³-hybridized carbons (Fsp3) is 0.429. The van der Waals surface area contributed by atoms with Crippen LogP contribution in [0.15, 0.2) is 24.3 Å². The third-order valence-electron chi connectivity index (χ3n) is 2.20. The third kappa shape index (κ3) is 4.10. The van der Waals surface area contributed by atoms with Crippen LogP contribution in [0.2, 0.25) is 0 Å². The first-order valence-corrected chi connectivity index (χ1v) is 6.31. The Balaban J connectivity index is 2.79. The third-order valence-corrected chi connectivity index (χ3v) is 2.60. The normalized spacial score (nSPS) is 10.7. The van der Waals surface area contributed by atoms with E-state index < -0.39 is 0 Å². The van der Waals surface area contributed by atoms with Crippen LogP contribution in [0.4, 0.5) is 0 Å². The average Bonchev–Trinajstić information content (AvgIpc) is 2.18. The lowest BCUT2D eigenvalue weighted by Gasteiger charge is -2.18. The Morgan fingerprint density at radius 2 is 1.73 bits per heavy atom. The van der Waals surface area contributed by atoms with Crippen LogP contribution in [0.25, 0.3) is 0 Å². The molecule has 0 N–H and O–H groups in total. The second kappa shape index (κ2) is 5.37. The second-order valence-corrected chi connectivity index (χ2v) is 5.36. The summed E-state index contributed by atoms with van der Waals surface area (Å²) < 4.78 is 0. The molecule has 0 aromatic heterocycles. The quantitative estimate of drug-likeness (QED) is 0.529. The van der Waals surface area contributed by atoms with Gasteiger partial charge in [0.15, 0.2) is 0 Å². The Bertz CT molecular complexity index is 357. The molecule has 0 spiro atoms. The zero-order valence-corrected chi connectivity index (χ0v) is 11.2. The molecule has 1 aromatic carbocycles. The van der Waals surface area contributed by atoms with E-state index in [9.17, 15) is 0 Å². The SMILES string of the molecule is CC(C)(C)c1ccc(C#CCCBr)cc1. The summed E-state index contributed by atoms with van der Waals surface area (Å²) in [5.41, 5.74) is 2.68. The second-order valence-electron chi connectivity index (χ2n) is 4.57. The van der Waals surface area contributed by atoms with Gasteiger partial charge in [-0.1, -0.05) is 60.7 Å². The maximum absolute atomic E-state index is 3.36. The summed E-state index contributed by atoms with van der Waals surface area (Å²) in [7, 11) is 0. The highest BCUT2D eigenvalue weighted by molar-refractivity contribution is 9.09. The van der Waals surface area contributed by atoms with Crippen molar-refractivity contribution in [2.24, 2.45) is 0 Å². The van der Waals surface area contributed by atoms with Crippen LogP contribution in [0, 0.1) is 11.8 Å². The van der Waals surface area contributed by atoms with Gasteiger partial charge in [0.05, 0.1) is 0 Å². The lowest BCUT2D eigenvalue weighted by molar-refractivity contribution is 0.590. The molecule has 0 aliphatic carbocycles. The first-order valence-electron chi connectivity index (χ1n) is 5.19. The summed E-state index contributed by atoms with van der Waals surface area (Å²) in [6.07, 6.45) is 0.904. The van der Waals surface area contributed by atoms with Crippen LogP contribution in [0.5, 0.6) is 0 Å². The molecular formula is C14H17Br. The van der Waals surface area contributed by atoms with Crippen LogP contribution in [-0.4, -0.2) is 5.33 Å². The van der Waals surface area contributed by atoms with Gasteiger partial charge in [0, 0.05) is 17.3 Å². The Morgan fingerprint density at radius 1 is 1.13 bits per heavy atom. The molecule has 1 rings (SSSR count). The number of benzene rings is 1. The van der Waals surface area contributed by atoms with Crippen LogP contribution in [0.1, 0.15) is 38.3 Å². The molecular weight excluding hydrogens is 248 g/mol. The Morgan fingerprint density at radius 3 is 2.20 bits per heavy atom. The molecule has 0 saturated carbocycles. The van der Waals surface area contributed by atoms with E-state index >= 15 is 0 Å². The van der Waals surface area contributed by atoms with Gasteiger partial charge in [-0.2, -0.15) is 0 Å². The van der Waals surface area contributed by atoms with Gasteiger partial charge in [-0.05, 0) is 23.1 Å². The van der Waals surface area contributed by atoms with E-state index in [0.717, 1.165) is 17.3 Å². The molecule has 0 radical (unpaired) electrons. The molecule has 1 aromatic rings. The first-order chi connectivity index (χ1) is 7.04. The van der Waals surface area contributed by atoms with Crippen LogP contribution in [-0.2, 0) is 5.41 Å². The zero-order valence-electron chi connectivity index (χ0n) is 9.60. The summed E-state index contributed by atoms with van der Waals surface area (Å²) in [6.45, 7) is 6.66. The molecule has 0 aliphatic rings. The fourth-order valence-electron chi connectivity index (χ4n) is 1.27. The highest BCUT2D eigenvalue weighted by Crippen LogP contribution is 2.21. The number of halogens is 1. The highest BCUT2D eigenvalue weighted by Gasteiger charge is 2.12. The number of hydrogen-bond acceptors (Lipinski definition) is 0. The Kier molecular flexibility index (Phi) is 4.42. The number of hydrogen-bond donors (Lipinski definition) is 0. The molecule has 0 atom stereocenters. The van der Waals surface area contributed by atoms with E-state index in [4.69, 9.17) is 0 Å². The summed E-state index contributed by atoms with van der Waals surface area (Å²) >= 11 is 3.36. The maximum Gasteiger partial charge on any atom is 0.0245 e. The fourth-order valence-corrected chi connectivity index (χ4v) is 1.46. The van der Waals surface area contributed by atoms with Gasteiger partial charge in [-0.25, -0.2) is 0 Å². The Labute approximate surface area is 101 Å². The summed E-state index contributed by atoms with van der Waals surface area (Å²) in [4.78, 5) is 0. The minimum atomic E-state index is 0.224. The minimum Gasteiger partial charge on any atom is -0.0970 e. The predicted octanol–water partition coefficient (Wildman–Crippen LogP) is 4.12. The van der Waals surface area contributed by atoms with Crippen molar-refractivity contribution in [3.63, 3.8) is 0 Å². The van der Waals surface area contributed by atoms with Crippen molar-refractivity contribution in [1.82, 2.24) is 0 Å². The van der Waals surface area contributed by atoms with Gasteiger partial charge >= 0.3 is 0 Å². The van der Waals surface area contributed by atoms with Gasteiger partial charge < -0.3 is 0 Å². The van der Waals surface area contributed by atoms with Crippen molar-refractivity contribution in [2.75, 3.05) is 5.33 Å². The predicted molar refractivity (Wildman–Crippen MR) is 70.4 cm³/mol. The summed E-state index contributed by atoms with van der Waals surface area (Å²) in [6, 6.07) is 8.53. The number of alkyl halides is 1. The van der Waals surface area contributed by atoms with Gasteiger partial charge in [0.25, 0.3) is 0 Å². The van der Waals surface area contributed by atoms with Crippen molar-refractivity contribution >= 4 is 15.9 Å². The smallest absolute Gasteiger partial charge is 0.0245 e. The standard InChI is InChI=1S/C14H17Br/c1-14(2,3)13-9-7-12(8-10-13)6-4-5-11-15/h7-10H,5,11H2,1-3H3. The molecule has 1 heteroatoms. The maximum atomic E-state index is 3.36. The summed E-state index contributed by atoms with van der Waals surface area (Å²) in [5.74, 6) is 6.26. The molecule has 0 nitrogen and oxygen atoms in total. The van der Waals surface area contributed by atoms with Gasteiger partial charge in [-0.3, -0.25) is 0 Å². The van der Waals surface area contributed by atoms with Crippen molar-refractivity contribution in [1.29, 1.82) is 0 Å². The van der Waals surface area contributed by atoms with Crippen LogP contribution < -0.4 is 0 Å². The van der Waals surface area contributed by atoms with Crippen molar-refractivity contribution < 1.29 is 0 Å². The van der Waals surface area contributed by atoms with E-state index in [1.54, 1.807) is 0 Å². The summed E-state index contributed by atoms with van der Waals surface area (Å²) in [5, 5.41) is 0.945. The van der Waals surface area contributed by atoms with E-state index in [2.05, 4.69) is 72.8 Å². The lowest BCUT2D eigenvalue weighted by Crippen LogP contribution is -2.10. The molecule has 0 saturated heterocycles. The van der Waals surface area contributed by atoms with Gasteiger partial charge in [-0.15, -0.1) is 0 Å². The topological polar surface area (TPSA) is 0 Å². The molecule has 80 valence electrons. The van der Waals surface area contributed by atoms with E-state index in [-0.39, 0.29) is 5.41 Å². The lowest BCUT2D eigenvalue weighted by atomic mass is 9.87. The highest BCUT2D eigenvalue weighted by atomic mass is 79.9. The van der Waals surface area contributed by atoms with E-state index in [1.807, 2.05) is 0 Å². The van der Waals surface area contributed by atoms with Crippen molar-refractivity contribution in [2.45, 2.75) is 32.6 Å². The van der Waals surface area contributed by atoms with Crippen molar-refractivity contribution in [3.8, 4) is 11.8 Å². The van der Waals surface area contributed by atoms with Crippen LogP contribution >= 0.6 is 15.9 Å². The van der Waals surface area contributed by atoms with Gasteiger partial charge in [0.2, 0.25) is 0 Å². The average molecular weight is 265 g/mol. The molecule has 0 aliphatic heterocycles. The first kappa shape index (κ1) is 12.3. The molecule has 0 heterocycles. The Hall–Kier alpha value is -0.740. The van der Waals surface area contributed by atoms with Crippen LogP contribution in [0.3, 0.4) is 0 Å². The zero-order chi connectivity index (χ0) is 11.3. The van der Waals surface area contributed by atoms with E-state index in [0.29, 0.717) is 0 Å². The van der Waals surface area contributed by atoms with Gasteiger partial charge in [0.1, 0.15) is 0 Å². The number of rotatable bonds is 1. The molecule has 0 unspecified atom stereocenters. The van der Waals surface area contributed by atoms with Crippen molar-refractivity contribution in [3.05, 3.63) is 35.4 Å². The monoisotopic (exact) mass is 264 g/mol.